The van der Waals surface area contributed by atoms with Crippen LogP contribution in [0.1, 0.15) is 5.56 Å². The molecule has 0 heterocycles. The van der Waals surface area contributed by atoms with E-state index in [9.17, 15) is 9.18 Å². The number of benzene rings is 1. The van der Waals surface area contributed by atoms with E-state index in [1.165, 1.54) is 23.1 Å². The van der Waals surface area contributed by atoms with Crippen molar-refractivity contribution < 1.29 is 19.0 Å². The molecule has 4 nitrogen and oxygen atoms in total. The summed E-state index contributed by atoms with van der Waals surface area (Å²) in [6, 6.07) is 5.97. The lowest BCUT2D eigenvalue weighted by Gasteiger charge is -2.19. The van der Waals surface area contributed by atoms with Crippen molar-refractivity contribution in [1.29, 1.82) is 0 Å². The van der Waals surface area contributed by atoms with Crippen LogP contribution in [0.15, 0.2) is 30.3 Å². The molecule has 1 aromatic rings. The highest BCUT2D eigenvalue weighted by molar-refractivity contribution is 5.91. The first kappa shape index (κ1) is 15.3. The quantitative estimate of drug-likeness (QED) is 0.758. The number of aliphatic hydroxyl groups excluding tert-OH is 1. The molecule has 0 unspecified atom stereocenters. The Balaban J connectivity index is 2.64. The number of methoxy groups -OCH3 is 1. The number of aliphatic hydroxyl groups is 1. The molecule has 0 bridgehead atoms. The van der Waals surface area contributed by atoms with E-state index in [2.05, 4.69) is 0 Å². The van der Waals surface area contributed by atoms with Crippen LogP contribution in [0.5, 0.6) is 0 Å². The molecular formula is C14H18FNO3. The third-order valence-electron chi connectivity index (χ3n) is 2.51. The Morgan fingerprint density at radius 3 is 2.89 bits per heavy atom. The van der Waals surface area contributed by atoms with Gasteiger partial charge in [0.2, 0.25) is 5.91 Å². The highest BCUT2D eigenvalue weighted by Gasteiger charge is 2.09. The minimum absolute atomic E-state index is 0.108. The summed E-state index contributed by atoms with van der Waals surface area (Å²) >= 11 is 0. The van der Waals surface area contributed by atoms with Gasteiger partial charge in [0.05, 0.1) is 13.2 Å². The van der Waals surface area contributed by atoms with Gasteiger partial charge in [-0.15, -0.1) is 0 Å². The number of hydrogen-bond acceptors (Lipinski definition) is 3. The van der Waals surface area contributed by atoms with E-state index in [0.717, 1.165) is 0 Å². The van der Waals surface area contributed by atoms with Crippen molar-refractivity contribution in [3.8, 4) is 0 Å². The van der Waals surface area contributed by atoms with Crippen LogP contribution >= 0.6 is 0 Å². The van der Waals surface area contributed by atoms with Gasteiger partial charge in [-0.05, 0) is 23.8 Å². The fourth-order valence-electron chi connectivity index (χ4n) is 1.54. The summed E-state index contributed by atoms with van der Waals surface area (Å²) in [7, 11) is 1.55. The van der Waals surface area contributed by atoms with Gasteiger partial charge < -0.3 is 14.7 Å². The largest absolute Gasteiger partial charge is 0.395 e. The van der Waals surface area contributed by atoms with Crippen LogP contribution in [0, 0.1) is 5.82 Å². The molecule has 0 spiro atoms. The molecule has 0 radical (unpaired) electrons. The molecule has 0 aliphatic rings. The molecule has 0 saturated heterocycles. The number of halogens is 1. The summed E-state index contributed by atoms with van der Waals surface area (Å²) in [5.41, 5.74) is 0.615. The molecule has 0 atom stereocenters. The third kappa shape index (κ3) is 5.63. The fraction of sp³-hybridized carbons (Fsp3) is 0.357. The Kier molecular flexibility index (Phi) is 6.78. The van der Waals surface area contributed by atoms with Gasteiger partial charge in [-0.1, -0.05) is 12.1 Å². The number of carbonyl (C=O) groups excluding carboxylic acids is 1. The summed E-state index contributed by atoms with van der Waals surface area (Å²) in [4.78, 5) is 13.3. The first-order valence-electron chi connectivity index (χ1n) is 5.99. The summed E-state index contributed by atoms with van der Waals surface area (Å²) in [6.45, 7) is 0.946. The van der Waals surface area contributed by atoms with Crippen LogP contribution in [0.3, 0.4) is 0 Å². The van der Waals surface area contributed by atoms with Crippen molar-refractivity contribution in [2.24, 2.45) is 0 Å². The van der Waals surface area contributed by atoms with E-state index >= 15 is 0 Å². The average Bonchev–Trinajstić information content (AvgIpc) is 2.41. The van der Waals surface area contributed by atoms with E-state index in [-0.39, 0.29) is 24.9 Å². The molecule has 1 N–H and O–H groups in total. The molecule has 0 aliphatic carbocycles. The van der Waals surface area contributed by atoms with E-state index in [0.29, 0.717) is 18.7 Å². The maximum atomic E-state index is 13.0. The molecule has 19 heavy (non-hydrogen) atoms. The molecule has 0 aliphatic heterocycles. The maximum absolute atomic E-state index is 13.0. The number of nitrogens with zero attached hydrogens (tertiary/aromatic N) is 1. The average molecular weight is 267 g/mol. The van der Waals surface area contributed by atoms with Gasteiger partial charge in [-0.2, -0.15) is 0 Å². The minimum Gasteiger partial charge on any atom is -0.395 e. The van der Waals surface area contributed by atoms with Crippen LogP contribution < -0.4 is 0 Å². The van der Waals surface area contributed by atoms with E-state index in [4.69, 9.17) is 9.84 Å². The predicted octanol–water partition coefficient (Wildman–Crippen LogP) is 1.31. The number of amides is 1. The first-order valence-corrected chi connectivity index (χ1v) is 5.99. The Morgan fingerprint density at radius 1 is 1.47 bits per heavy atom. The van der Waals surface area contributed by atoms with Crippen molar-refractivity contribution in [3.63, 3.8) is 0 Å². The van der Waals surface area contributed by atoms with Gasteiger partial charge in [-0.25, -0.2) is 4.39 Å². The maximum Gasteiger partial charge on any atom is 0.246 e. The second-order valence-electron chi connectivity index (χ2n) is 3.93. The Labute approximate surface area is 112 Å². The smallest absolute Gasteiger partial charge is 0.246 e. The second kappa shape index (κ2) is 8.39. The summed E-state index contributed by atoms with van der Waals surface area (Å²) in [5, 5.41) is 8.90. The zero-order chi connectivity index (χ0) is 14.1. The lowest BCUT2D eigenvalue weighted by molar-refractivity contribution is -0.127. The molecule has 0 fully saturated rings. The van der Waals surface area contributed by atoms with Gasteiger partial charge in [0.25, 0.3) is 0 Å². The van der Waals surface area contributed by atoms with Gasteiger partial charge >= 0.3 is 0 Å². The fourth-order valence-corrected chi connectivity index (χ4v) is 1.54. The Bertz CT molecular complexity index is 434. The monoisotopic (exact) mass is 267 g/mol. The van der Waals surface area contributed by atoms with Gasteiger partial charge in [-0.3, -0.25) is 4.79 Å². The topological polar surface area (TPSA) is 49.8 Å². The standard InChI is InChI=1S/C14H18FNO3/c1-19-10-8-16(7-9-17)14(18)6-5-12-3-2-4-13(15)11-12/h2-6,11,17H,7-10H2,1H3/b6-5+. The van der Waals surface area contributed by atoms with Gasteiger partial charge in [0, 0.05) is 26.3 Å². The molecular weight excluding hydrogens is 249 g/mol. The molecule has 0 saturated carbocycles. The SMILES string of the molecule is COCCN(CCO)C(=O)/C=C/c1cccc(F)c1. The molecule has 1 aromatic carbocycles. The lowest BCUT2D eigenvalue weighted by Crippen LogP contribution is -2.34. The van der Waals surface area contributed by atoms with E-state index in [1.807, 2.05) is 0 Å². The molecule has 104 valence electrons. The van der Waals surface area contributed by atoms with E-state index < -0.39 is 0 Å². The number of carbonyl (C=O) groups is 1. The number of ether oxygens (including phenoxy) is 1. The zero-order valence-corrected chi connectivity index (χ0v) is 10.9. The van der Waals surface area contributed by atoms with Gasteiger partial charge in [0.15, 0.2) is 0 Å². The van der Waals surface area contributed by atoms with Crippen LogP contribution in [0.4, 0.5) is 4.39 Å². The minimum atomic E-state index is -0.346. The van der Waals surface area contributed by atoms with Crippen molar-refractivity contribution >= 4 is 12.0 Å². The lowest BCUT2D eigenvalue weighted by atomic mass is 10.2. The molecule has 1 rings (SSSR count). The first-order chi connectivity index (χ1) is 9.17. The Hall–Kier alpha value is -1.72. The predicted molar refractivity (Wildman–Crippen MR) is 71.0 cm³/mol. The van der Waals surface area contributed by atoms with Crippen LogP contribution in [-0.2, 0) is 9.53 Å². The highest BCUT2D eigenvalue weighted by Crippen LogP contribution is 2.06. The molecule has 5 heteroatoms. The Morgan fingerprint density at radius 2 is 2.26 bits per heavy atom. The van der Waals surface area contributed by atoms with Crippen molar-refractivity contribution in [2.75, 3.05) is 33.4 Å². The van der Waals surface area contributed by atoms with E-state index in [1.54, 1.807) is 25.3 Å². The highest BCUT2D eigenvalue weighted by atomic mass is 19.1. The summed E-state index contributed by atoms with van der Waals surface area (Å²) < 4.78 is 17.9. The molecule has 1 amide bonds. The van der Waals surface area contributed by atoms with Crippen LogP contribution in [-0.4, -0.2) is 49.3 Å². The summed E-state index contributed by atoms with van der Waals surface area (Å²) in [6.07, 6.45) is 2.91. The van der Waals surface area contributed by atoms with Crippen molar-refractivity contribution in [3.05, 3.63) is 41.7 Å². The molecule has 0 aromatic heterocycles. The second-order valence-corrected chi connectivity index (χ2v) is 3.93. The van der Waals surface area contributed by atoms with Crippen LogP contribution in [0.25, 0.3) is 6.08 Å². The normalized spacial score (nSPS) is 10.9. The zero-order valence-electron chi connectivity index (χ0n) is 10.9. The van der Waals surface area contributed by atoms with Gasteiger partial charge in [0.1, 0.15) is 5.82 Å². The number of hydrogen-bond donors (Lipinski definition) is 1. The van der Waals surface area contributed by atoms with Crippen molar-refractivity contribution in [1.82, 2.24) is 4.90 Å². The van der Waals surface area contributed by atoms with Crippen LogP contribution in [0.2, 0.25) is 0 Å². The van der Waals surface area contributed by atoms with Crippen molar-refractivity contribution in [2.45, 2.75) is 0 Å². The third-order valence-corrected chi connectivity index (χ3v) is 2.51. The summed E-state index contributed by atoms with van der Waals surface area (Å²) in [5.74, 6) is -0.587. The number of rotatable bonds is 7.